The fourth-order valence-corrected chi connectivity index (χ4v) is 2.83. The van der Waals surface area contributed by atoms with Gasteiger partial charge in [-0.2, -0.15) is 0 Å². The maximum Gasteiger partial charge on any atom is 0.270 e. The van der Waals surface area contributed by atoms with E-state index in [0.29, 0.717) is 23.9 Å². The van der Waals surface area contributed by atoms with Crippen molar-refractivity contribution < 1.29 is 4.79 Å². The molecule has 0 aliphatic rings. The molecule has 0 spiro atoms. The van der Waals surface area contributed by atoms with E-state index in [2.05, 4.69) is 32.7 Å². The third-order valence-electron chi connectivity index (χ3n) is 4.40. The second-order valence-corrected chi connectivity index (χ2v) is 7.05. The molecule has 29 heavy (non-hydrogen) atoms. The quantitative estimate of drug-likeness (QED) is 0.589. The number of nitrogens with one attached hydrogen (secondary N) is 2. The first-order valence-electron chi connectivity index (χ1n) is 9.77. The minimum atomic E-state index is -0.197. The Bertz CT molecular complexity index is 913. The van der Waals surface area contributed by atoms with Gasteiger partial charge in [0.15, 0.2) is 5.82 Å². The van der Waals surface area contributed by atoms with E-state index in [1.54, 1.807) is 6.07 Å². The zero-order chi connectivity index (χ0) is 20.5. The molecule has 3 aromatic rings. The average Bonchev–Trinajstić information content (AvgIpc) is 2.74. The molecule has 0 atom stereocenters. The zero-order valence-electron chi connectivity index (χ0n) is 16.9. The van der Waals surface area contributed by atoms with E-state index in [1.807, 2.05) is 67.5 Å². The number of carbonyl (C=O) groups excluding carboxylic acids is 1. The van der Waals surface area contributed by atoms with E-state index < -0.39 is 0 Å². The molecule has 6 nitrogen and oxygen atoms in total. The Kier molecular flexibility index (Phi) is 7.30. The molecule has 0 bridgehead atoms. The second kappa shape index (κ2) is 10.3. The highest BCUT2D eigenvalue weighted by Crippen LogP contribution is 2.18. The van der Waals surface area contributed by atoms with Crippen LogP contribution in [0.15, 0.2) is 66.7 Å². The molecule has 1 heterocycles. The maximum atomic E-state index is 12.6. The third-order valence-corrected chi connectivity index (χ3v) is 4.40. The number of amides is 1. The summed E-state index contributed by atoms with van der Waals surface area (Å²) in [6, 6.07) is 21.7. The topological polar surface area (TPSA) is 70.2 Å². The van der Waals surface area contributed by atoms with Gasteiger partial charge in [-0.25, -0.2) is 9.97 Å². The maximum absolute atomic E-state index is 12.6. The van der Waals surface area contributed by atoms with Crippen molar-refractivity contribution in [2.45, 2.75) is 6.42 Å². The Balaban J connectivity index is 1.76. The Labute approximate surface area is 172 Å². The van der Waals surface area contributed by atoms with Crippen molar-refractivity contribution in [1.29, 1.82) is 0 Å². The molecule has 2 N–H and O–H groups in total. The van der Waals surface area contributed by atoms with Gasteiger partial charge in [0.05, 0.1) is 0 Å². The number of hydrogen-bond donors (Lipinski definition) is 2. The molecule has 1 aromatic heterocycles. The monoisotopic (exact) mass is 389 g/mol. The van der Waals surface area contributed by atoms with Gasteiger partial charge in [0.2, 0.25) is 0 Å². The zero-order valence-corrected chi connectivity index (χ0v) is 16.9. The lowest BCUT2D eigenvalue weighted by atomic mass is 10.1. The van der Waals surface area contributed by atoms with Crippen LogP contribution >= 0.6 is 0 Å². The number of aromatic nitrogens is 2. The number of likely N-dealkylation sites (N-methyl/N-ethyl adjacent to an activating group) is 1. The van der Waals surface area contributed by atoms with Crippen molar-refractivity contribution in [2.24, 2.45) is 0 Å². The van der Waals surface area contributed by atoms with Crippen LogP contribution in [0.5, 0.6) is 0 Å². The molecule has 0 saturated heterocycles. The predicted molar refractivity (Wildman–Crippen MR) is 117 cm³/mol. The van der Waals surface area contributed by atoms with Gasteiger partial charge >= 0.3 is 0 Å². The van der Waals surface area contributed by atoms with Crippen molar-refractivity contribution in [3.63, 3.8) is 0 Å². The first kappa shape index (κ1) is 20.5. The van der Waals surface area contributed by atoms with Gasteiger partial charge in [-0.3, -0.25) is 4.79 Å². The van der Waals surface area contributed by atoms with E-state index in [-0.39, 0.29) is 5.91 Å². The first-order valence-corrected chi connectivity index (χ1v) is 9.77. The van der Waals surface area contributed by atoms with Gasteiger partial charge in [0, 0.05) is 31.3 Å². The molecule has 3 rings (SSSR count). The van der Waals surface area contributed by atoms with Crippen LogP contribution in [-0.2, 0) is 6.42 Å². The number of carbonyl (C=O) groups is 1. The third kappa shape index (κ3) is 6.40. The van der Waals surface area contributed by atoms with E-state index in [1.165, 1.54) is 5.56 Å². The number of rotatable bonds is 9. The Morgan fingerprint density at radius 1 is 0.931 bits per heavy atom. The Morgan fingerprint density at radius 3 is 2.31 bits per heavy atom. The summed E-state index contributed by atoms with van der Waals surface area (Å²) < 4.78 is 0. The largest absolute Gasteiger partial charge is 0.370 e. The highest BCUT2D eigenvalue weighted by Gasteiger charge is 2.13. The summed E-state index contributed by atoms with van der Waals surface area (Å²) in [5, 5.41) is 6.25. The Morgan fingerprint density at radius 2 is 1.62 bits per heavy atom. The van der Waals surface area contributed by atoms with E-state index in [0.717, 1.165) is 25.1 Å². The van der Waals surface area contributed by atoms with Crippen molar-refractivity contribution in [3.05, 3.63) is 78.0 Å². The number of hydrogen-bond acceptors (Lipinski definition) is 5. The number of anilines is 1. The minimum absolute atomic E-state index is 0.197. The molecule has 2 aromatic carbocycles. The molecule has 0 unspecified atom stereocenters. The first-order chi connectivity index (χ1) is 14.1. The molecular formula is C23H27N5O. The highest BCUT2D eigenvalue weighted by atomic mass is 16.1. The van der Waals surface area contributed by atoms with E-state index in [9.17, 15) is 4.79 Å². The van der Waals surface area contributed by atoms with Gasteiger partial charge < -0.3 is 15.5 Å². The smallest absolute Gasteiger partial charge is 0.270 e. The molecule has 6 heteroatoms. The van der Waals surface area contributed by atoms with Crippen LogP contribution < -0.4 is 10.6 Å². The van der Waals surface area contributed by atoms with Crippen molar-refractivity contribution in [1.82, 2.24) is 20.2 Å². The molecule has 0 saturated carbocycles. The summed E-state index contributed by atoms with van der Waals surface area (Å²) in [5.41, 5.74) is 2.49. The summed E-state index contributed by atoms with van der Waals surface area (Å²) in [5.74, 6) is 0.984. The normalized spacial score (nSPS) is 10.7. The van der Waals surface area contributed by atoms with E-state index in [4.69, 9.17) is 0 Å². The summed E-state index contributed by atoms with van der Waals surface area (Å²) in [4.78, 5) is 23.7. The van der Waals surface area contributed by atoms with Crippen LogP contribution in [0, 0.1) is 0 Å². The van der Waals surface area contributed by atoms with Crippen LogP contribution in [0.25, 0.3) is 11.4 Å². The molecule has 150 valence electrons. The Hall–Kier alpha value is -3.25. The predicted octanol–water partition coefficient (Wildman–Crippen LogP) is 3.09. The molecule has 0 aliphatic heterocycles. The van der Waals surface area contributed by atoms with Gasteiger partial charge in [-0.05, 0) is 26.1 Å². The molecule has 1 amide bonds. The van der Waals surface area contributed by atoms with Crippen LogP contribution in [0.1, 0.15) is 16.1 Å². The summed E-state index contributed by atoms with van der Waals surface area (Å²) in [6.45, 7) is 2.05. The number of nitrogens with zero attached hydrogens (tertiary/aromatic N) is 3. The lowest BCUT2D eigenvalue weighted by molar-refractivity contribution is 0.0946. The fraction of sp³-hybridized carbons (Fsp3) is 0.261. The van der Waals surface area contributed by atoms with E-state index >= 15 is 0 Å². The highest BCUT2D eigenvalue weighted by molar-refractivity contribution is 5.93. The minimum Gasteiger partial charge on any atom is -0.370 e. The van der Waals surface area contributed by atoms with Crippen molar-refractivity contribution in [3.8, 4) is 11.4 Å². The van der Waals surface area contributed by atoms with Gasteiger partial charge in [0.1, 0.15) is 11.5 Å². The van der Waals surface area contributed by atoms with Gasteiger partial charge in [-0.15, -0.1) is 0 Å². The summed E-state index contributed by atoms with van der Waals surface area (Å²) >= 11 is 0. The van der Waals surface area contributed by atoms with Gasteiger partial charge in [0.25, 0.3) is 5.91 Å². The summed E-state index contributed by atoms with van der Waals surface area (Å²) in [6.07, 6.45) is 0.871. The van der Waals surface area contributed by atoms with Crippen LogP contribution in [-0.4, -0.2) is 54.5 Å². The average molecular weight is 390 g/mol. The van der Waals surface area contributed by atoms with Crippen molar-refractivity contribution >= 4 is 11.7 Å². The molecule has 0 aliphatic carbocycles. The molecule has 0 fully saturated rings. The second-order valence-electron chi connectivity index (χ2n) is 7.05. The van der Waals surface area contributed by atoms with Crippen LogP contribution in [0.2, 0.25) is 0 Å². The lowest BCUT2D eigenvalue weighted by Crippen LogP contribution is -2.32. The lowest BCUT2D eigenvalue weighted by Gasteiger charge is -2.12. The SMILES string of the molecule is CN(C)CCNC(=O)c1cc(NCCc2ccccc2)nc(-c2ccccc2)n1. The molecule has 0 radical (unpaired) electrons. The van der Waals surface area contributed by atoms with Gasteiger partial charge in [-0.1, -0.05) is 60.7 Å². The van der Waals surface area contributed by atoms with Crippen LogP contribution in [0.4, 0.5) is 5.82 Å². The fourth-order valence-electron chi connectivity index (χ4n) is 2.83. The standard InChI is InChI=1S/C23H27N5O/c1-28(2)16-15-25-23(29)20-17-21(24-14-13-18-9-5-3-6-10-18)27-22(26-20)19-11-7-4-8-12-19/h3-12,17H,13-16H2,1-2H3,(H,25,29)(H,24,26,27). The number of benzene rings is 2. The van der Waals surface area contributed by atoms with Crippen LogP contribution in [0.3, 0.4) is 0 Å². The van der Waals surface area contributed by atoms with Crippen molar-refractivity contribution in [2.75, 3.05) is 39.0 Å². The molecular weight excluding hydrogens is 362 g/mol. The summed E-state index contributed by atoms with van der Waals surface area (Å²) in [7, 11) is 3.94.